The van der Waals surface area contributed by atoms with Crippen LogP contribution in [-0.2, 0) is 9.59 Å². The molecule has 0 saturated carbocycles. The fourth-order valence-electron chi connectivity index (χ4n) is 3.24. The third kappa shape index (κ3) is 4.19. The second-order valence-electron chi connectivity index (χ2n) is 6.52. The summed E-state index contributed by atoms with van der Waals surface area (Å²) in [5.74, 6) is -1.75. The number of methoxy groups -OCH3 is 1. The highest BCUT2D eigenvalue weighted by Gasteiger charge is 2.38. The molecule has 1 aromatic rings. The number of phenolic OH excluding ortho intramolecular Hbond substituents is 1. The van der Waals surface area contributed by atoms with Gasteiger partial charge in [0.2, 0.25) is 11.7 Å². The van der Waals surface area contributed by atoms with E-state index in [0.717, 1.165) is 24.2 Å². The first-order chi connectivity index (χ1) is 13.8. The Kier molecular flexibility index (Phi) is 6.06. The number of hydrogen-bond donors (Lipinski definition) is 1. The number of aromatic hydroxyl groups is 1. The van der Waals surface area contributed by atoms with Gasteiger partial charge in [-0.2, -0.15) is 0 Å². The number of piperidine rings is 1. The molecular weight excluding hydrogens is 402 g/mol. The van der Waals surface area contributed by atoms with E-state index in [-0.39, 0.29) is 28.7 Å². The second kappa shape index (κ2) is 8.52. The summed E-state index contributed by atoms with van der Waals surface area (Å²) < 4.78 is 4.89. The Bertz CT molecular complexity index is 909. The number of likely N-dealkylation sites (tertiary alicyclic amines) is 1. The number of nitro groups is 1. The number of thioether (sulfide) groups is 1. The molecule has 2 saturated heterocycles. The van der Waals surface area contributed by atoms with Crippen LogP contribution in [0, 0.1) is 10.1 Å². The number of phenols is 1. The number of carbonyl (C=O) groups excluding carboxylic acids is 3. The van der Waals surface area contributed by atoms with Crippen LogP contribution in [0.2, 0.25) is 0 Å². The third-order valence-corrected chi connectivity index (χ3v) is 5.60. The number of carbonyl (C=O) groups is 3. The molecule has 0 radical (unpaired) electrons. The monoisotopic (exact) mass is 421 g/mol. The molecule has 0 unspecified atom stereocenters. The number of hydrogen-bond acceptors (Lipinski definition) is 8. The lowest BCUT2D eigenvalue weighted by Gasteiger charge is -2.27. The average Bonchev–Trinajstić information content (AvgIpc) is 2.96. The van der Waals surface area contributed by atoms with Crippen LogP contribution in [0.5, 0.6) is 11.5 Å². The van der Waals surface area contributed by atoms with Crippen molar-refractivity contribution in [2.24, 2.45) is 0 Å². The van der Waals surface area contributed by atoms with Crippen LogP contribution in [0.25, 0.3) is 6.08 Å². The van der Waals surface area contributed by atoms with Crippen LogP contribution in [0.15, 0.2) is 17.0 Å². The highest BCUT2D eigenvalue weighted by Crippen LogP contribution is 2.41. The van der Waals surface area contributed by atoms with Crippen LogP contribution in [0.4, 0.5) is 10.5 Å². The van der Waals surface area contributed by atoms with Crippen molar-refractivity contribution in [1.82, 2.24) is 9.80 Å². The average molecular weight is 421 g/mol. The van der Waals surface area contributed by atoms with Gasteiger partial charge in [-0.05, 0) is 49.2 Å². The summed E-state index contributed by atoms with van der Waals surface area (Å²) in [6.07, 6.45) is 4.01. The first kappa shape index (κ1) is 20.6. The zero-order chi connectivity index (χ0) is 21.1. The number of benzene rings is 1. The fraction of sp³-hybridized carbons (Fsp3) is 0.389. The van der Waals surface area contributed by atoms with Crippen molar-refractivity contribution in [3.63, 3.8) is 0 Å². The smallest absolute Gasteiger partial charge is 0.322 e. The minimum absolute atomic E-state index is 0.00231. The maximum atomic E-state index is 12.6. The first-order valence-electron chi connectivity index (χ1n) is 8.91. The summed E-state index contributed by atoms with van der Waals surface area (Å²) in [5.41, 5.74) is -0.527. The molecule has 1 N–H and O–H groups in total. The van der Waals surface area contributed by atoms with Gasteiger partial charge in [-0.15, -0.1) is 0 Å². The van der Waals surface area contributed by atoms with Gasteiger partial charge in [0.25, 0.3) is 11.1 Å². The minimum atomic E-state index is -0.742. The van der Waals surface area contributed by atoms with Gasteiger partial charge < -0.3 is 14.7 Å². The number of nitrogens with zero attached hydrogens (tertiary/aromatic N) is 3. The van der Waals surface area contributed by atoms with Crippen molar-refractivity contribution in [2.45, 2.75) is 19.3 Å². The van der Waals surface area contributed by atoms with E-state index in [0.29, 0.717) is 24.9 Å². The van der Waals surface area contributed by atoms with E-state index in [1.165, 1.54) is 25.3 Å². The van der Waals surface area contributed by atoms with Crippen molar-refractivity contribution < 1.29 is 29.2 Å². The largest absolute Gasteiger partial charge is 0.504 e. The third-order valence-electron chi connectivity index (χ3n) is 4.69. The Balaban J connectivity index is 1.85. The highest BCUT2D eigenvalue weighted by molar-refractivity contribution is 8.18. The van der Waals surface area contributed by atoms with E-state index in [2.05, 4.69) is 0 Å². The van der Waals surface area contributed by atoms with Crippen LogP contribution >= 0.6 is 11.8 Å². The fourth-order valence-corrected chi connectivity index (χ4v) is 4.07. The van der Waals surface area contributed by atoms with Crippen molar-refractivity contribution in [3.8, 4) is 11.5 Å². The van der Waals surface area contributed by atoms with Gasteiger partial charge in [0.05, 0.1) is 22.5 Å². The topological polar surface area (TPSA) is 130 Å². The maximum Gasteiger partial charge on any atom is 0.322 e. The van der Waals surface area contributed by atoms with Gasteiger partial charge in [-0.25, -0.2) is 0 Å². The highest BCUT2D eigenvalue weighted by atomic mass is 32.2. The van der Waals surface area contributed by atoms with Gasteiger partial charge in [0.15, 0.2) is 5.75 Å². The van der Waals surface area contributed by atoms with Crippen LogP contribution in [0.3, 0.4) is 0 Å². The molecule has 0 aromatic heterocycles. The summed E-state index contributed by atoms with van der Waals surface area (Å²) >= 11 is 0.605. The Labute approximate surface area is 170 Å². The Morgan fingerprint density at radius 2 is 2.00 bits per heavy atom. The molecule has 0 spiro atoms. The lowest BCUT2D eigenvalue weighted by Crippen LogP contribution is -2.44. The Morgan fingerprint density at radius 3 is 2.62 bits per heavy atom. The molecule has 2 aliphatic heterocycles. The molecule has 3 rings (SSSR count). The predicted molar refractivity (Wildman–Crippen MR) is 104 cm³/mol. The molecule has 2 aliphatic rings. The number of nitro benzene ring substituents is 1. The van der Waals surface area contributed by atoms with Crippen molar-refractivity contribution >= 4 is 40.6 Å². The van der Waals surface area contributed by atoms with E-state index in [1.807, 2.05) is 0 Å². The molecule has 0 aliphatic carbocycles. The van der Waals surface area contributed by atoms with Crippen LogP contribution in [-0.4, -0.2) is 63.6 Å². The van der Waals surface area contributed by atoms with E-state index in [4.69, 9.17) is 4.74 Å². The Hall–Kier alpha value is -3.08. The first-order valence-corrected chi connectivity index (χ1v) is 9.72. The van der Waals surface area contributed by atoms with E-state index < -0.39 is 27.5 Å². The maximum absolute atomic E-state index is 12.6. The minimum Gasteiger partial charge on any atom is -0.504 e. The van der Waals surface area contributed by atoms with Crippen LogP contribution in [0.1, 0.15) is 24.8 Å². The molecule has 154 valence electrons. The number of imide groups is 1. The zero-order valence-corrected chi connectivity index (χ0v) is 16.4. The zero-order valence-electron chi connectivity index (χ0n) is 15.6. The molecule has 0 bridgehead atoms. The van der Waals surface area contributed by atoms with Gasteiger partial charge in [-0.3, -0.25) is 29.4 Å². The standard InChI is InChI=1S/C18H19N3O7S/c1-28-16-12(22)6-5-11(15(16)21(26)27)9-13-17(24)20(18(25)29-13)10-14(23)19-7-3-2-4-8-19/h5-6,9,22H,2-4,7-8,10H2,1H3/b13-9-. The SMILES string of the molecule is COc1c(O)ccc(/C=C2\SC(=O)N(CC(=O)N3CCCCC3)C2=O)c1[N+](=O)[O-]. The molecule has 1 aromatic carbocycles. The molecule has 3 amide bonds. The van der Waals surface area contributed by atoms with Gasteiger partial charge in [-0.1, -0.05) is 0 Å². The molecular formula is C18H19N3O7S. The quantitative estimate of drug-likeness (QED) is 0.436. The lowest BCUT2D eigenvalue weighted by molar-refractivity contribution is -0.386. The molecule has 29 heavy (non-hydrogen) atoms. The lowest BCUT2D eigenvalue weighted by atomic mass is 10.1. The van der Waals surface area contributed by atoms with Crippen LogP contribution < -0.4 is 4.74 Å². The van der Waals surface area contributed by atoms with Gasteiger partial charge in [0.1, 0.15) is 6.54 Å². The molecule has 2 heterocycles. The van der Waals surface area contributed by atoms with E-state index >= 15 is 0 Å². The van der Waals surface area contributed by atoms with Gasteiger partial charge in [0, 0.05) is 13.1 Å². The summed E-state index contributed by atoms with van der Waals surface area (Å²) in [6, 6.07) is 2.45. The summed E-state index contributed by atoms with van der Waals surface area (Å²) in [5, 5.41) is 20.6. The summed E-state index contributed by atoms with van der Waals surface area (Å²) in [7, 11) is 1.17. The Morgan fingerprint density at radius 1 is 1.31 bits per heavy atom. The normalized spacial score (nSPS) is 18.4. The molecule has 2 fully saturated rings. The van der Waals surface area contributed by atoms with Crippen molar-refractivity contribution in [2.75, 3.05) is 26.7 Å². The predicted octanol–water partition coefficient (Wildman–Crippen LogP) is 2.36. The summed E-state index contributed by atoms with van der Waals surface area (Å²) in [6.45, 7) is 0.845. The van der Waals surface area contributed by atoms with Crippen molar-refractivity contribution in [1.29, 1.82) is 0 Å². The summed E-state index contributed by atoms with van der Waals surface area (Å²) in [4.78, 5) is 50.4. The molecule has 11 heteroatoms. The van der Waals surface area contributed by atoms with E-state index in [9.17, 15) is 29.6 Å². The number of ether oxygens (including phenoxy) is 1. The number of rotatable bonds is 5. The van der Waals surface area contributed by atoms with E-state index in [1.54, 1.807) is 4.90 Å². The molecule has 0 atom stereocenters. The van der Waals surface area contributed by atoms with Crippen molar-refractivity contribution in [3.05, 3.63) is 32.7 Å². The second-order valence-corrected chi connectivity index (χ2v) is 7.52. The number of amides is 3. The van der Waals surface area contributed by atoms with Gasteiger partial charge >= 0.3 is 5.69 Å². The molecule has 10 nitrogen and oxygen atoms in total.